The van der Waals surface area contributed by atoms with Gasteiger partial charge in [0.05, 0.1) is 18.5 Å². The van der Waals surface area contributed by atoms with E-state index in [1.165, 1.54) is 88.2 Å². The molecular formula is C37H51N3. The molecule has 40 heavy (non-hydrogen) atoms. The average molecular weight is 538 g/mol. The molecule has 1 saturated carbocycles. The van der Waals surface area contributed by atoms with Crippen LogP contribution in [0.4, 0.5) is 0 Å². The summed E-state index contributed by atoms with van der Waals surface area (Å²) in [6, 6.07) is 0. The van der Waals surface area contributed by atoms with Gasteiger partial charge in [0.15, 0.2) is 0 Å². The van der Waals surface area contributed by atoms with E-state index in [0.717, 1.165) is 37.0 Å². The monoisotopic (exact) mass is 537 g/mol. The number of fused-ring (bicyclic) bond motifs is 1. The summed E-state index contributed by atoms with van der Waals surface area (Å²) in [5.41, 5.74) is 6.31. The summed E-state index contributed by atoms with van der Waals surface area (Å²) in [7, 11) is 0. The third kappa shape index (κ3) is 5.59. The van der Waals surface area contributed by atoms with Gasteiger partial charge in [-0.05, 0) is 129 Å². The molecule has 0 radical (unpaired) electrons. The van der Waals surface area contributed by atoms with E-state index in [9.17, 15) is 0 Å². The lowest BCUT2D eigenvalue weighted by Gasteiger charge is -2.49. The van der Waals surface area contributed by atoms with Crippen LogP contribution in [0, 0.1) is 29.6 Å². The molecule has 0 aromatic heterocycles. The number of rotatable bonds is 5. The van der Waals surface area contributed by atoms with Gasteiger partial charge in [0, 0.05) is 0 Å². The maximum Gasteiger partial charge on any atom is 0.0829 e. The van der Waals surface area contributed by atoms with Crippen molar-refractivity contribution in [3.8, 4) is 0 Å². The first-order chi connectivity index (χ1) is 19.8. The van der Waals surface area contributed by atoms with Gasteiger partial charge in [-0.1, -0.05) is 80.0 Å². The molecule has 3 N–H and O–H groups in total. The fraction of sp³-hybridized carbons (Fsp3) is 0.622. The second kappa shape index (κ2) is 12.5. The summed E-state index contributed by atoms with van der Waals surface area (Å²) in [5, 5.41) is 12.5. The van der Waals surface area contributed by atoms with Crippen LogP contribution in [0.5, 0.6) is 0 Å². The smallest absolute Gasteiger partial charge is 0.0829 e. The summed E-state index contributed by atoms with van der Waals surface area (Å²) in [6.07, 6.45) is 44.7. The van der Waals surface area contributed by atoms with Crippen molar-refractivity contribution in [1.29, 1.82) is 0 Å². The fourth-order valence-electron chi connectivity index (χ4n) is 9.24. The Morgan fingerprint density at radius 3 is 2.40 bits per heavy atom. The van der Waals surface area contributed by atoms with Crippen LogP contribution in [-0.4, -0.2) is 18.5 Å². The van der Waals surface area contributed by atoms with E-state index >= 15 is 0 Å². The quantitative estimate of drug-likeness (QED) is 0.310. The first kappa shape index (κ1) is 26.9. The Kier molecular flexibility index (Phi) is 8.42. The van der Waals surface area contributed by atoms with E-state index in [1.54, 1.807) is 11.1 Å². The van der Waals surface area contributed by atoms with Crippen LogP contribution in [0.25, 0.3) is 0 Å². The molecule has 0 bridgehead atoms. The minimum Gasteiger partial charge on any atom is -0.283 e. The molecule has 1 aliphatic heterocycles. The molecular weight excluding hydrogens is 486 g/mol. The zero-order valence-corrected chi connectivity index (χ0v) is 24.5. The predicted molar refractivity (Wildman–Crippen MR) is 167 cm³/mol. The van der Waals surface area contributed by atoms with Crippen LogP contribution in [0.2, 0.25) is 0 Å². The van der Waals surface area contributed by atoms with Crippen LogP contribution in [0.3, 0.4) is 0 Å². The summed E-state index contributed by atoms with van der Waals surface area (Å²) in [4.78, 5) is 0. The normalized spacial score (nSPS) is 38.6. The Morgan fingerprint density at radius 1 is 0.675 bits per heavy atom. The van der Waals surface area contributed by atoms with Gasteiger partial charge in [0.1, 0.15) is 0 Å². The third-order valence-corrected chi connectivity index (χ3v) is 11.3. The van der Waals surface area contributed by atoms with Crippen LogP contribution in [0.15, 0.2) is 83.1 Å². The molecule has 1 saturated heterocycles. The molecule has 1 heterocycles. The molecule has 6 aliphatic carbocycles. The highest BCUT2D eigenvalue weighted by molar-refractivity contribution is 5.49. The van der Waals surface area contributed by atoms with Gasteiger partial charge in [0.25, 0.3) is 0 Å². The number of hydrogen-bond acceptors (Lipinski definition) is 3. The lowest BCUT2D eigenvalue weighted by atomic mass is 9.62. The van der Waals surface area contributed by atoms with Crippen LogP contribution in [-0.2, 0) is 0 Å². The Morgan fingerprint density at radius 2 is 1.55 bits per heavy atom. The van der Waals surface area contributed by atoms with Gasteiger partial charge >= 0.3 is 0 Å². The zero-order chi connectivity index (χ0) is 26.7. The molecule has 214 valence electrons. The number of hydrogen-bond donors (Lipinski definition) is 3. The van der Waals surface area contributed by atoms with Crippen LogP contribution in [0.1, 0.15) is 96.3 Å². The predicted octanol–water partition coefficient (Wildman–Crippen LogP) is 8.14. The van der Waals surface area contributed by atoms with Crippen molar-refractivity contribution in [3.63, 3.8) is 0 Å². The van der Waals surface area contributed by atoms with Crippen molar-refractivity contribution >= 4 is 0 Å². The van der Waals surface area contributed by atoms with Crippen molar-refractivity contribution in [2.24, 2.45) is 29.6 Å². The highest BCUT2D eigenvalue weighted by Gasteiger charge is 2.43. The molecule has 0 amide bonds. The van der Waals surface area contributed by atoms with E-state index in [-0.39, 0.29) is 12.3 Å². The van der Waals surface area contributed by atoms with Gasteiger partial charge in [-0.25, -0.2) is 0 Å². The van der Waals surface area contributed by atoms with Gasteiger partial charge in [0.2, 0.25) is 0 Å². The summed E-state index contributed by atoms with van der Waals surface area (Å²) >= 11 is 0. The van der Waals surface area contributed by atoms with Crippen molar-refractivity contribution in [1.82, 2.24) is 16.0 Å². The summed E-state index contributed by atoms with van der Waals surface area (Å²) < 4.78 is 0. The highest BCUT2D eigenvalue weighted by Crippen LogP contribution is 2.48. The topological polar surface area (TPSA) is 36.1 Å². The van der Waals surface area contributed by atoms with Crippen molar-refractivity contribution in [2.45, 2.75) is 115 Å². The van der Waals surface area contributed by atoms with E-state index in [4.69, 9.17) is 0 Å². The second-order valence-electron chi connectivity index (χ2n) is 13.6. The Labute approximate surface area is 243 Å². The van der Waals surface area contributed by atoms with Crippen molar-refractivity contribution < 1.29 is 0 Å². The maximum atomic E-state index is 4.20. The van der Waals surface area contributed by atoms with E-state index in [2.05, 4.69) is 76.7 Å². The Balaban J connectivity index is 1.20. The molecule has 2 fully saturated rings. The zero-order valence-electron chi connectivity index (χ0n) is 24.5. The minimum atomic E-state index is 0.240. The van der Waals surface area contributed by atoms with Gasteiger partial charge in [-0.2, -0.15) is 0 Å². The van der Waals surface area contributed by atoms with Crippen molar-refractivity contribution in [2.75, 3.05) is 0 Å². The minimum absolute atomic E-state index is 0.240. The van der Waals surface area contributed by atoms with Gasteiger partial charge in [-0.3, -0.25) is 16.0 Å². The third-order valence-electron chi connectivity index (χ3n) is 11.3. The SMILES string of the molecule is C1=CCCC(C2=C(C3NC(C4=CCC(C5CC=CCC5)C5C=CCCC45)NC(C4CCCCC4)N3)CCC=C2)=C1. The molecule has 0 aromatic rings. The van der Waals surface area contributed by atoms with Crippen LogP contribution >= 0.6 is 0 Å². The molecule has 7 unspecified atom stereocenters. The summed E-state index contributed by atoms with van der Waals surface area (Å²) in [6.45, 7) is 0. The van der Waals surface area contributed by atoms with Crippen LogP contribution < -0.4 is 16.0 Å². The average Bonchev–Trinajstić information content (AvgIpc) is 3.05. The molecule has 7 atom stereocenters. The maximum absolute atomic E-state index is 4.20. The highest BCUT2D eigenvalue weighted by atomic mass is 15.4. The van der Waals surface area contributed by atoms with E-state index in [1.807, 2.05) is 0 Å². The van der Waals surface area contributed by atoms with Gasteiger partial charge in [-0.15, -0.1) is 0 Å². The standard InChI is InChI=1S/C37H51N3/c1-4-14-26(15-5-1)29-20-10-13-23-33(29)36-38-35(28-18-8-3-9-19-28)39-37(40-36)34-25-24-30(27-16-6-2-7-17-27)31-21-11-12-22-32(31)34/h1-2,4,6,10-11,14,20-21,25,27-28,30-32,35-40H,3,5,7-9,12-13,15-19,22-24H2. The molecule has 3 heteroatoms. The number of allylic oxidation sites excluding steroid dienone is 12. The molecule has 3 nitrogen and oxygen atoms in total. The first-order valence-corrected chi connectivity index (χ1v) is 16.9. The Bertz CT molecular complexity index is 1130. The fourth-order valence-corrected chi connectivity index (χ4v) is 9.24. The summed E-state index contributed by atoms with van der Waals surface area (Å²) in [5.74, 6) is 3.78. The van der Waals surface area contributed by atoms with Crippen molar-refractivity contribution in [3.05, 3.63) is 83.1 Å². The molecule has 7 aliphatic rings. The lowest BCUT2D eigenvalue weighted by Crippen LogP contribution is -2.70. The lowest BCUT2D eigenvalue weighted by molar-refractivity contribution is 0.129. The largest absolute Gasteiger partial charge is 0.283 e. The number of nitrogens with one attached hydrogen (secondary N) is 3. The first-order valence-electron chi connectivity index (χ1n) is 16.9. The molecule has 0 spiro atoms. The molecule has 7 rings (SSSR count). The van der Waals surface area contributed by atoms with Gasteiger partial charge < -0.3 is 0 Å². The second-order valence-corrected chi connectivity index (χ2v) is 13.6. The van der Waals surface area contributed by atoms with E-state index < -0.39 is 0 Å². The van der Waals surface area contributed by atoms with E-state index in [0.29, 0.717) is 18.0 Å². The molecule has 0 aromatic carbocycles. The Hall–Kier alpha value is -1.94.